The molecule has 5 nitrogen and oxygen atoms in total. The maximum atomic E-state index is 7.17. The van der Waals surface area contributed by atoms with Crippen LogP contribution in [0.5, 0.6) is 0 Å². The first-order valence-electron chi connectivity index (χ1n) is 11.2. The van der Waals surface area contributed by atoms with Crippen molar-refractivity contribution >= 4 is 32.8 Å². The quantitative estimate of drug-likeness (QED) is 0.417. The van der Waals surface area contributed by atoms with Gasteiger partial charge in [-0.3, -0.25) is 0 Å². The Hall–Kier alpha value is -2.39. The van der Waals surface area contributed by atoms with E-state index in [-0.39, 0.29) is 0 Å². The first-order chi connectivity index (χ1) is 15.0. The molecule has 4 rings (SSSR count). The Bertz CT molecular complexity index is 1120. The lowest BCUT2D eigenvalue weighted by atomic mass is 9.97. The van der Waals surface area contributed by atoms with Crippen LogP contribution in [-0.4, -0.2) is 34.2 Å². The van der Waals surface area contributed by atoms with Gasteiger partial charge in [-0.15, -0.1) is 0 Å². The number of anilines is 1. The van der Waals surface area contributed by atoms with E-state index in [1.54, 1.807) is 0 Å². The predicted molar refractivity (Wildman–Crippen MR) is 131 cm³/mol. The molecule has 2 aromatic heterocycles. The van der Waals surface area contributed by atoms with E-state index >= 15 is 0 Å². The van der Waals surface area contributed by atoms with Crippen molar-refractivity contribution in [2.45, 2.75) is 53.4 Å². The smallest absolute Gasteiger partial charge is 0.217 e. The summed E-state index contributed by atoms with van der Waals surface area (Å²) in [6, 6.07) is 4.46. The number of hydrogen-bond donors (Lipinski definition) is 0. The van der Waals surface area contributed by atoms with Gasteiger partial charge in [0.25, 0.3) is 0 Å². The van der Waals surface area contributed by atoms with Gasteiger partial charge in [-0.25, -0.2) is 16.5 Å². The van der Waals surface area contributed by atoms with Crippen LogP contribution in [0.25, 0.3) is 21.6 Å². The van der Waals surface area contributed by atoms with Gasteiger partial charge in [0.1, 0.15) is 11.6 Å². The molecule has 1 aliphatic rings. The van der Waals surface area contributed by atoms with E-state index in [9.17, 15) is 0 Å². The summed E-state index contributed by atoms with van der Waals surface area (Å²) in [6.45, 7) is 18.3. The monoisotopic (exact) mass is 479 g/mol. The van der Waals surface area contributed by atoms with Crippen molar-refractivity contribution < 1.29 is 0 Å². The molecule has 1 saturated heterocycles. The normalized spacial score (nSPS) is 14.9. The number of aromatic nitrogens is 3. The second kappa shape index (κ2) is 9.00. The van der Waals surface area contributed by atoms with Crippen LogP contribution < -0.4 is 4.90 Å². The maximum Gasteiger partial charge on any atom is 0.217 e. The Morgan fingerprint density at radius 2 is 1.74 bits per heavy atom. The molecular formula is C25H30BrN5. The van der Waals surface area contributed by atoms with Gasteiger partial charge in [-0.2, -0.15) is 0 Å². The molecule has 3 heterocycles. The van der Waals surface area contributed by atoms with Crippen molar-refractivity contribution in [3.05, 3.63) is 56.7 Å². The van der Waals surface area contributed by atoms with E-state index in [0.717, 1.165) is 65.9 Å². The summed E-state index contributed by atoms with van der Waals surface area (Å²) in [5.41, 5.74) is 6.10. The summed E-state index contributed by atoms with van der Waals surface area (Å²) >= 11 is 3.69. The molecular weight excluding hydrogens is 450 g/mol. The van der Waals surface area contributed by atoms with Crippen LogP contribution >= 0.6 is 15.9 Å². The van der Waals surface area contributed by atoms with E-state index in [1.807, 2.05) is 6.92 Å². The van der Waals surface area contributed by atoms with Crippen LogP contribution in [0, 0.1) is 26.3 Å². The highest BCUT2D eigenvalue weighted by molar-refractivity contribution is 9.10. The molecule has 0 N–H and O–H groups in total. The van der Waals surface area contributed by atoms with Gasteiger partial charge in [-0.1, -0.05) is 29.8 Å². The van der Waals surface area contributed by atoms with Crippen LogP contribution in [0.3, 0.4) is 0 Å². The third-order valence-corrected chi connectivity index (χ3v) is 6.88. The van der Waals surface area contributed by atoms with Crippen LogP contribution in [0.15, 0.2) is 22.8 Å². The lowest BCUT2D eigenvalue weighted by Gasteiger charge is -2.31. The van der Waals surface area contributed by atoms with Gasteiger partial charge in [0.15, 0.2) is 5.65 Å². The molecule has 6 heteroatoms. The van der Waals surface area contributed by atoms with E-state index in [0.29, 0.717) is 12.5 Å². The Balaban J connectivity index is 1.86. The maximum absolute atomic E-state index is 7.17. The molecule has 3 aromatic rings. The minimum atomic E-state index is 0.514. The fraction of sp³-hybridized carbons (Fsp3) is 0.480. The number of halogens is 1. The number of piperidine rings is 1. The van der Waals surface area contributed by atoms with Crippen molar-refractivity contribution in [2.24, 2.45) is 5.92 Å². The number of fused-ring (bicyclic) bond motifs is 1. The van der Waals surface area contributed by atoms with Crippen molar-refractivity contribution in [3.63, 3.8) is 0 Å². The zero-order chi connectivity index (χ0) is 22.1. The van der Waals surface area contributed by atoms with E-state index in [4.69, 9.17) is 16.5 Å². The molecule has 31 heavy (non-hydrogen) atoms. The highest BCUT2D eigenvalue weighted by Crippen LogP contribution is 2.35. The molecule has 0 aliphatic carbocycles. The molecule has 0 radical (unpaired) electrons. The van der Waals surface area contributed by atoms with Gasteiger partial charge in [-0.05, 0) is 68.4 Å². The Morgan fingerprint density at radius 1 is 1.10 bits per heavy atom. The van der Waals surface area contributed by atoms with Crippen LogP contribution in [-0.2, 0) is 12.8 Å². The van der Waals surface area contributed by atoms with E-state index < -0.39 is 0 Å². The number of nitrogens with zero attached hydrogens (tertiary/aromatic N) is 5. The summed E-state index contributed by atoms with van der Waals surface area (Å²) in [5.74, 6) is 2.37. The first kappa shape index (κ1) is 21.8. The fourth-order valence-corrected chi connectivity index (χ4v) is 5.36. The van der Waals surface area contributed by atoms with Crippen molar-refractivity contribution in [3.8, 4) is 5.69 Å². The average Bonchev–Trinajstić information content (AvgIpc) is 3.08. The molecule has 1 aromatic carbocycles. The topological polar surface area (TPSA) is 38.3 Å². The molecule has 0 saturated carbocycles. The van der Waals surface area contributed by atoms with Crippen molar-refractivity contribution in [2.75, 3.05) is 24.5 Å². The van der Waals surface area contributed by atoms with Crippen molar-refractivity contribution in [1.29, 1.82) is 0 Å². The summed E-state index contributed by atoms with van der Waals surface area (Å²) in [6.07, 6.45) is 6.27. The molecule has 0 bridgehead atoms. The minimum Gasteiger partial charge on any atom is -0.356 e. The third kappa shape index (κ3) is 4.08. The second-order valence-corrected chi connectivity index (χ2v) is 9.44. The predicted octanol–water partition coefficient (Wildman–Crippen LogP) is 6.06. The van der Waals surface area contributed by atoms with Gasteiger partial charge < -0.3 is 14.3 Å². The van der Waals surface area contributed by atoms with E-state index in [1.165, 1.54) is 22.4 Å². The highest BCUT2D eigenvalue weighted by atomic mass is 79.9. The average molecular weight is 480 g/mol. The number of hydrogen-bond acceptors (Lipinski definition) is 3. The lowest BCUT2D eigenvalue weighted by Crippen LogP contribution is -2.35. The van der Waals surface area contributed by atoms with Gasteiger partial charge >= 0.3 is 0 Å². The number of rotatable bonds is 5. The largest absolute Gasteiger partial charge is 0.356 e. The SMILES string of the molecule is [C-]#[N+]CC1CCN(c2nc(C)nc3c2c(C)cn3-c2c(CC)cc(Br)cc2CC)CC1. The number of aryl methyl sites for hydroxylation is 4. The summed E-state index contributed by atoms with van der Waals surface area (Å²) in [5, 5.41) is 1.15. The summed E-state index contributed by atoms with van der Waals surface area (Å²) in [4.78, 5) is 15.8. The Kier molecular flexibility index (Phi) is 6.34. The zero-order valence-corrected chi connectivity index (χ0v) is 20.5. The summed E-state index contributed by atoms with van der Waals surface area (Å²) in [7, 11) is 0. The lowest BCUT2D eigenvalue weighted by molar-refractivity contribution is 0.429. The first-order valence-corrected chi connectivity index (χ1v) is 12.0. The Labute approximate surface area is 193 Å². The standard InChI is InChI=1S/C25H30BrN5/c1-6-19-12-21(26)13-20(7-2)23(19)31-15-16(3)22-24(28-17(4)29-25(22)31)30-10-8-18(9-11-30)14-27-5/h12-13,15,18H,6-11,14H2,1-4H3. The fourth-order valence-electron chi connectivity index (χ4n) is 4.81. The van der Waals surface area contributed by atoms with Crippen LogP contribution in [0.2, 0.25) is 0 Å². The Morgan fingerprint density at radius 3 is 2.32 bits per heavy atom. The molecule has 1 aliphatic heterocycles. The molecule has 0 unspecified atom stereocenters. The van der Waals surface area contributed by atoms with Gasteiger partial charge in [0, 0.05) is 29.7 Å². The zero-order valence-electron chi connectivity index (χ0n) is 18.9. The number of benzene rings is 1. The van der Waals surface area contributed by atoms with Crippen LogP contribution in [0.4, 0.5) is 5.82 Å². The molecule has 0 atom stereocenters. The highest BCUT2D eigenvalue weighted by Gasteiger charge is 2.26. The van der Waals surface area contributed by atoms with E-state index in [2.05, 4.69) is 69.3 Å². The van der Waals surface area contributed by atoms with Crippen LogP contribution in [0.1, 0.15) is 49.2 Å². The molecule has 162 valence electrons. The minimum absolute atomic E-state index is 0.514. The van der Waals surface area contributed by atoms with Crippen molar-refractivity contribution in [1.82, 2.24) is 14.5 Å². The third-order valence-electron chi connectivity index (χ3n) is 6.43. The molecule has 0 spiro atoms. The summed E-state index contributed by atoms with van der Waals surface area (Å²) < 4.78 is 3.42. The van der Waals surface area contributed by atoms with Gasteiger partial charge in [0.2, 0.25) is 6.54 Å². The molecule has 1 fully saturated rings. The molecule has 0 amide bonds. The van der Waals surface area contributed by atoms with Gasteiger partial charge in [0.05, 0.1) is 11.1 Å². The second-order valence-electron chi connectivity index (χ2n) is 8.53.